The number of hydrogen-bond donors (Lipinski definition) is 1. The topological polar surface area (TPSA) is 42.6 Å². The molecule has 0 aliphatic heterocycles. The summed E-state index contributed by atoms with van der Waals surface area (Å²) in [6, 6.07) is 13.6. The molecule has 1 atom stereocenters. The fourth-order valence-corrected chi connectivity index (χ4v) is 2.34. The van der Waals surface area contributed by atoms with Gasteiger partial charge in [-0.1, -0.05) is 18.2 Å². The third-order valence-corrected chi connectivity index (χ3v) is 3.45. The van der Waals surface area contributed by atoms with E-state index in [0.29, 0.717) is 0 Å². The summed E-state index contributed by atoms with van der Waals surface area (Å²) in [6.07, 6.45) is 0.928. The highest BCUT2D eigenvalue weighted by atomic mass is 16.5. The van der Waals surface area contributed by atoms with Crippen molar-refractivity contribution in [2.24, 2.45) is 0 Å². The van der Waals surface area contributed by atoms with Crippen LogP contribution < -0.4 is 4.74 Å². The molecule has 0 aliphatic rings. The molecule has 3 heteroatoms. The average Bonchev–Trinajstić information content (AvgIpc) is 2.92. The van der Waals surface area contributed by atoms with E-state index in [2.05, 4.69) is 0 Å². The molecule has 0 radical (unpaired) electrons. The maximum Gasteiger partial charge on any atom is 0.119 e. The van der Waals surface area contributed by atoms with Crippen molar-refractivity contribution in [2.45, 2.75) is 13.0 Å². The fourth-order valence-electron chi connectivity index (χ4n) is 2.34. The van der Waals surface area contributed by atoms with Crippen LogP contribution in [-0.4, -0.2) is 12.2 Å². The lowest BCUT2D eigenvalue weighted by molar-refractivity contribution is 0.219. The van der Waals surface area contributed by atoms with Crippen molar-refractivity contribution >= 4 is 10.8 Å². The lowest BCUT2D eigenvalue weighted by atomic mass is 10.00. The van der Waals surface area contributed by atoms with Gasteiger partial charge in [-0.3, -0.25) is 0 Å². The van der Waals surface area contributed by atoms with Crippen molar-refractivity contribution in [3.05, 3.63) is 65.6 Å². The first-order chi connectivity index (χ1) is 9.67. The van der Waals surface area contributed by atoms with Gasteiger partial charge in [0.1, 0.15) is 17.6 Å². The van der Waals surface area contributed by atoms with E-state index in [-0.39, 0.29) is 0 Å². The summed E-state index contributed by atoms with van der Waals surface area (Å²) < 4.78 is 10.5. The Bertz CT molecular complexity index is 743. The third-order valence-electron chi connectivity index (χ3n) is 3.45. The van der Waals surface area contributed by atoms with Gasteiger partial charge >= 0.3 is 0 Å². The van der Waals surface area contributed by atoms with Gasteiger partial charge in [0.05, 0.1) is 13.4 Å². The Balaban J connectivity index is 2.00. The van der Waals surface area contributed by atoms with E-state index < -0.39 is 6.10 Å². The highest BCUT2D eigenvalue weighted by molar-refractivity contribution is 5.84. The van der Waals surface area contributed by atoms with E-state index in [9.17, 15) is 5.11 Å². The van der Waals surface area contributed by atoms with Crippen molar-refractivity contribution in [1.82, 2.24) is 0 Å². The van der Waals surface area contributed by atoms with Crippen LogP contribution in [0, 0.1) is 6.92 Å². The summed E-state index contributed by atoms with van der Waals surface area (Å²) in [5.74, 6) is 1.63. The second kappa shape index (κ2) is 5.02. The quantitative estimate of drug-likeness (QED) is 0.785. The Hall–Kier alpha value is -2.26. The van der Waals surface area contributed by atoms with Crippen molar-refractivity contribution in [3.8, 4) is 5.75 Å². The van der Waals surface area contributed by atoms with Gasteiger partial charge in [0.2, 0.25) is 0 Å². The standard InChI is InChI=1S/C17H16O3/c1-11-7-15(10-20-11)17(18)14-4-3-13-9-16(19-2)6-5-12(13)8-14/h3-10,17-18H,1-2H3. The van der Waals surface area contributed by atoms with Crippen LogP contribution in [0.1, 0.15) is 23.0 Å². The van der Waals surface area contributed by atoms with E-state index in [1.54, 1.807) is 13.4 Å². The first kappa shape index (κ1) is 12.8. The predicted molar refractivity (Wildman–Crippen MR) is 78.0 cm³/mol. The van der Waals surface area contributed by atoms with Crippen LogP contribution in [0.4, 0.5) is 0 Å². The molecule has 0 aliphatic carbocycles. The zero-order valence-electron chi connectivity index (χ0n) is 11.5. The van der Waals surface area contributed by atoms with Gasteiger partial charge in [-0.25, -0.2) is 0 Å². The van der Waals surface area contributed by atoms with Gasteiger partial charge in [-0.05, 0) is 47.5 Å². The molecule has 0 fully saturated rings. The van der Waals surface area contributed by atoms with Crippen molar-refractivity contribution in [3.63, 3.8) is 0 Å². The molecule has 0 saturated carbocycles. The molecule has 20 heavy (non-hydrogen) atoms. The predicted octanol–water partition coefficient (Wildman–Crippen LogP) is 3.83. The normalized spacial score (nSPS) is 12.6. The van der Waals surface area contributed by atoms with Gasteiger partial charge in [0, 0.05) is 5.56 Å². The molecule has 0 saturated heterocycles. The first-order valence-corrected chi connectivity index (χ1v) is 6.48. The second-order valence-corrected chi connectivity index (χ2v) is 4.87. The Kier molecular flexibility index (Phi) is 3.20. The van der Waals surface area contributed by atoms with Gasteiger partial charge in [0.15, 0.2) is 0 Å². The van der Waals surface area contributed by atoms with Crippen molar-refractivity contribution in [1.29, 1.82) is 0 Å². The maximum absolute atomic E-state index is 10.4. The number of aryl methyl sites for hydroxylation is 1. The lowest BCUT2D eigenvalue weighted by Gasteiger charge is -2.10. The molecule has 2 aromatic carbocycles. The number of benzene rings is 2. The molecule has 1 N–H and O–H groups in total. The van der Waals surface area contributed by atoms with Crippen LogP contribution in [0.15, 0.2) is 53.1 Å². The third kappa shape index (κ3) is 2.28. The lowest BCUT2D eigenvalue weighted by Crippen LogP contribution is -1.97. The smallest absolute Gasteiger partial charge is 0.119 e. The molecular weight excluding hydrogens is 252 g/mol. The molecule has 3 aromatic rings. The number of methoxy groups -OCH3 is 1. The summed E-state index contributed by atoms with van der Waals surface area (Å²) in [4.78, 5) is 0. The van der Waals surface area contributed by atoms with E-state index in [1.807, 2.05) is 49.4 Å². The molecule has 3 rings (SSSR count). The van der Waals surface area contributed by atoms with Crippen LogP contribution in [-0.2, 0) is 0 Å². The van der Waals surface area contributed by atoms with Gasteiger partial charge in [-0.2, -0.15) is 0 Å². The summed E-state index contributed by atoms with van der Waals surface area (Å²) in [5, 5.41) is 12.5. The van der Waals surface area contributed by atoms with E-state index >= 15 is 0 Å². The van der Waals surface area contributed by atoms with Crippen molar-refractivity contribution < 1.29 is 14.3 Å². The molecule has 1 aromatic heterocycles. The highest BCUT2D eigenvalue weighted by Gasteiger charge is 2.13. The Labute approximate surface area is 117 Å². The van der Waals surface area contributed by atoms with Crippen molar-refractivity contribution in [2.75, 3.05) is 7.11 Å². The number of aliphatic hydroxyl groups is 1. The Morgan fingerprint density at radius 3 is 2.45 bits per heavy atom. The first-order valence-electron chi connectivity index (χ1n) is 6.48. The summed E-state index contributed by atoms with van der Waals surface area (Å²) in [7, 11) is 1.65. The maximum atomic E-state index is 10.4. The van der Waals surface area contributed by atoms with Crippen LogP contribution in [0.25, 0.3) is 10.8 Å². The summed E-state index contributed by atoms with van der Waals surface area (Å²) in [6.45, 7) is 1.86. The second-order valence-electron chi connectivity index (χ2n) is 4.87. The molecule has 102 valence electrons. The van der Waals surface area contributed by atoms with Crippen LogP contribution in [0.2, 0.25) is 0 Å². The summed E-state index contributed by atoms with van der Waals surface area (Å²) in [5.41, 5.74) is 1.62. The number of furan rings is 1. The number of ether oxygens (including phenoxy) is 1. The molecule has 0 spiro atoms. The van der Waals surface area contributed by atoms with E-state index in [1.165, 1.54) is 0 Å². The zero-order chi connectivity index (χ0) is 14.1. The Morgan fingerprint density at radius 1 is 1.00 bits per heavy atom. The van der Waals surface area contributed by atoms with E-state index in [4.69, 9.17) is 9.15 Å². The summed E-state index contributed by atoms with van der Waals surface area (Å²) >= 11 is 0. The number of rotatable bonds is 3. The van der Waals surface area contributed by atoms with Crippen LogP contribution in [0.5, 0.6) is 5.75 Å². The number of aliphatic hydroxyl groups excluding tert-OH is 1. The van der Waals surface area contributed by atoms with Gasteiger partial charge < -0.3 is 14.3 Å². The molecule has 3 nitrogen and oxygen atoms in total. The SMILES string of the molecule is COc1ccc2cc(C(O)c3coc(C)c3)ccc2c1. The minimum absolute atomic E-state index is 0.668. The van der Waals surface area contributed by atoms with Gasteiger partial charge in [-0.15, -0.1) is 0 Å². The van der Waals surface area contributed by atoms with Gasteiger partial charge in [0.25, 0.3) is 0 Å². The monoisotopic (exact) mass is 268 g/mol. The average molecular weight is 268 g/mol. The molecule has 1 heterocycles. The zero-order valence-corrected chi connectivity index (χ0v) is 11.5. The Morgan fingerprint density at radius 2 is 1.75 bits per heavy atom. The molecular formula is C17H16O3. The molecule has 1 unspecified atom stereocenters. The molecule has 0 amide bonds. The van der Waals surface area contributed by atoms with E-state index in [0.717, 1.165) is 33.4 Å². The largest absolute Gasteiger partial charge is 0.497 e. The minimum atomic E-state index is -0.668. The van der Waals surface area contributed by atoms with Crippen LogP contribution in [0.3, 0.4) is 0 Å². The number of hydrogen-bond acceptors (Lipinski definition) is 3. The highest BCUT2D eigenvalue weighted by Crippen LogP contribution is 2.28. The number of fused-ring (bicyclic) bond motifs is 1. The minimum Gasteiger partial charge on any atom is -0.497 e. The molecule has 0 bridgehead atoms. The fraction of sp³-hybridized carbons (Fsp3) is 0.176. The van der Waals surface area contributed by atoms with Crippen LogP contribution >= 0.6 is 0 Å².